The maximum Gasteiger partial charge on any atom is 0.293 e. The van der Waals surface area contributed by atoms with E-state index in [1.807, 2.05) is 0 Å². The summed E-state index contributed by atoms with van der Waals surface area (Å²) in [6.07, 6.45) is 0. The standard InChI is InChI=1S/C16H17N3O6S/c1-19(2)26(20,21)14-8-7-12(24-14)16-17-15(18-25-16)10-5-6-11(22-3)13(9-10)23-4/h5-9H,1-4H3. The van der Waals surface area contributed by atoms with Crippen molar-refractivity contribution in [2.24, 2.45) is 0 Å². The zero-order chi connectivity index (χ0) is 18.9. The van der Waals surface area contributed by atoms with E-state index in [4.69, 9.17) is 18.4 Å². The zero-order valence-corrected chi connectivity index (χ0v) is 15.4. The van der Waals surface area contributed by atoms with Crippen LogP contribution < -0.4 is 9.47 Å². The topological polar surface area (TPSA) is 108 Å². The van der Waals surface area contributed by atoms with Crippen LogP contribution in [0.1, 0.15) is 0 Å². The van der Waals surface area contributed by atoms with Gasteiger partial charge >= 0.3 is 0 Å². The second-order valence-corrected chi connectivity index (χ2v) is 7.48. The summed E-state index contributed by atoms with van der Waals surface area (Å²) in [5, 5.41) is 3.69. The lowest BCUT2D eigenvalue weighted by molar-refractivity contribution is 0.355. The van der Waals surface area contributed by atoms with Crippen LogP contribution in [0, 0.1) is 0 Å². The number of rotatable bonds is 6. The van der Waals surface area contributed by atoms with E-state index in [0.29, 0.717) is 22.9 Å². The van der Waals surface area contributed by atoms with Crippen molar-refractivity contribution in [3.63, 3.8) is 0 Å². The van der Waals surface area contributed by atoms with Crippen molar-refractivity contribution in [3.05, 3.63) is 30.3 Å². The number of furan rings is 1. The van der Waals surface area contributed by atoms with Crippen LogP contribution in [-0.4, -0.2) is 51.2 Å². The van der Waals surface area contributed by atoms with Gasteiger partial charge in [-0.25, -0.2) is 12.7 Å². The van der Waals surface area contributed by atoms with Gasteiger partial charge in [0.25, 0.3) is 15.9 Å². The van der Waals surface area contributed by atoms with E-state index in [1.165, 1.54) is 33.3 Å². The van der Waals surface area contributed by atoms with Gasteiger partial charge < -0.3 is 18.4 Å². The smallest absolute Gasteiger partial charge is 0.293 e. The molecule has 0 spiro atoms. The molecule has 0 radical (unpaired) electrons. The molecule has 3 aromatic rings. The lowest BCUT2D eigenvalue weighted by Gasteiger charge is -2.07. The highest BCUT2D eigenvalue weighted by Gasteiger charge is 2.24. The molecule has 2 aromatic heterocycles. The third-order valence-electron chi connectivity index (χ3n) is 3.59. The lowest BCUT2D eigenvalue weighted by Crippen LogP contribution is -2.21. The van der Waals surface area contributed by atoms with Gasteiger partial charge in [-0.2, -0.15) is 4.98 Å². The van der Waals surface area contributed by atoms with Crippen LogP contribution in [0.4, 0.5) is 0 Å². The lowest BCUT2D eigenvalue weighted by atomic mass is 10.2. The molecule has 0 N–H and O–H groups in total. The van der Waals surface area contributed by atoms with Gasteiger partial charge in [-0.15, -0.1) is 0 Å². The molecule has 1 aromatic carbocycles. The highest BCUT2D eigenvalue weighted by atomic mass is 32.2. The molecule has 0 fully saturated rings. The Balaban J connectivity index is 1.93. The molecule has 0 atom stereocenters. The Kier molecular flexibility index (Phi) is 4.70. The molecule has 0 amide bonds. The summed E-state index contributed by atoms with van der Waals surface area (Å²) in [7, 11) is 2.22. The number of sulfonamides is 1. The van der Waals surface area contributed by atoms with Crippen LogP contribution in [-0.2, 0) is 10.0 Å². The van der Waals surface area contributed by atoms with Crippen LogP contribution in [0.15, 0.2) is 44.4 Å². The van der Waals surface area contributed by atoms with E-state index in [-0.39, 0.29) is 16.7 Å². The van der Waals surface area contributed by atoms with Crippen molar-refractivity contribution in [2.75, 3.05) is 28.3 Å². The second-order valence-electron chi connectivity index (χ2n) is 5.40. The monoisotopic (exact) mass is 379 g/mol. The summed E-state index contributed by atoms with van der Waals surface area (Å²) in [5.41, 5.74) is 0.644. The predicted octanol–water partition coefficient (Wildman–Crippen LogP) is 2.26. The number of hydrogen-bond acceptors (Lipinski definition) is 8. The van der Waals surface area contributed by atoms with Crippen molar-refractivity contribution < 1.29 is 26.8 Å². The average Bonchev–Trinajstić information content (AvgIpc) is 3.30. The average molecular weight is 379 g/mol. The van der Waals surface area contributed by atoms with Crippen molar-refractivity contribution >= 4 is 10.0 Å². The van der Waals surface area contributed by atoms with E-state index in [1.54, 1.807) is 25.3 Å². The summed E-state index contributed by atoms with van der Waals surface area (Å²) in [6, 6.07) is 7.98. The van der Waals surface area contributed by atoms with E-state index in [2.05, 4.69) is 10.1 Å². The molecule has 0 aliphatic heterocycles. The fourth-order valence-electron chi connectivity index (χ4n) is 2.17. The number of nitrogens with zero attached hydrogens (tertiary/aromatic N) is 3. The normalized spacial score (nSPS) is 11.7. The van der Waals surface area contributed by atoms with Crippen LogP contribution >= 0.6 is 0 Å². The first-order valence-corrected chi connectivity index (χ1v) is 8.89. The quantitative estimate of drug-likeness (QED) is 0.642. The predicted molar refractivity (Wildman–Crippen MR) is 91.4 cm³/mol. The van der Waals surface area contributed by atoms with E-state index >= 15 is 0 Å². The first-order chi connectivity index (χ1) is 12.4. The Bertz CT molecular complexity index is 1020. The fourth-order valence-corrected chi connectivity index (χ4v) is 2.96. The first kappa shape index (κ1) is 18.0. The van der Waals surface area contributed by atoms with Crippen LogP contribution in [0.2, 0.25) is 0 Å². The van der Waals surface area contributed by atoms with Crippen molar-refractivity contribution in [1.29, 1.82) is 0 Å². The molecular formula is C16H17N3O6S. The SMILES string of the molecule is COc1ccc(-c2noc(-c3ccc(S(=O)(=O)N(C)C)o3)n2)cc1OC. The molecule has 10 heteroatoms. The number of methoxy groups -OCH3 is 2. The van der Waals surface area contributed by atoms with Gasteiger partial charge in [0, 0.05) is 19.7 Å². The molecule has 0 aliphatic rings. The maximum atomic E-state index is 12.1. The molecule has 0 bridgehead atoms. The summed E-state index contributed by atoms with van der Waals surface area (Å²) in [6.45, 7) is 0. The van der Waals surface area contributed by atoms with Gasteiger partial charge in [0.1, 0.15) is 0 Å². The maximum absolute atomic E-state index is 12.1. The second kappa shape index (κ2) is 6.81. The van der Waals surface area contributed by atoms with E-state index < -0.39 is 10.0 Å². The summed E-state index contributed by atoms with van der Waals surface area (Å²) >= 11 is 0. The third-order valence-corrected chi connectivity index (χ3v) is 5.28. The highest BCUT2D eigenvalue weighted by molar-refractivity contribution is 7.88. The molecule has 2 heterocycles. The van der Waals surface area contributed by atoms with Crippen molar-refractivity contribution in [2.45, 2.75) is 5.09 Å². The molecule has 138 valence electrons. The highest BCUT2D eigenvalue weighted by Crippen LogP contribution is 2.32. The minimum Gasteiger partial charge on any atom is -0.493 e. The summed E-state index contributed by atoms with van der Waals surface area (Å²) in [4.78, 5) is 4.25. The van der Waals surface area contributed by atoms with E-state index in [9.17, 15) is 8.42 Å². The van der Waals surface area contributed by atoms with Gasteiger partial charge in [-0.05, 0) is 30.3 Å². The Morgan fingerprint density at radius 2 is 1.77 bits per heavy atom. The molecule has 0 saturated carbocycles. The Morgan fingerprint density at radius 1 is 1.04 bits per heavy atom. The third kappa shape index (κ3) is 3.16. The summed E-state index contributed by atoms with van der Waals surface area (Å²) in [5.74, 6) is 1.62. The number of aromatic nitrogens is 2. The van der Waals surface area contributed by atoms with Crippen molar-refractivity contribution in [1.82, 2.24) is 14.4 Å². The van der Waals surface area contributed by atoms with Crippen LogP contribution in [0.25, 0.3) is 23.0 Å². The van der Waals surface area contributed by atoms with Gasteiger partial charge in [-0.1, -0.05) is 5.16 Å². The molecular weight excluding hydrogens is 362 g/mol. The number of benzene rings is 1. The molecule has 26 heavy (non-hydrogen) atoms. The molecule has 0 saturated heterocycles. The van der Waals surface area contributed by atoms with Gasteiger partial charge in [-0.3, -0.25) is 0 Å². The minimum absolute atomic E-state index is 0.0648. The molecule has 3 rings (SSSR count). The first-order valence-electron chi connectivity index (χ1n) is 7.45. The van der Waals surface area contributed by atoms with Crippen LogP contribution in [0.5, 0.6) is 11.5 Å². The van der Waals surface area contributed by atoms with Gasteiger partial charge in [0.15, 0.2) is 17.3 Å². The largest absolute Gasteiger partial charge is 0.493 e. The fraction of sp³-hybridized carbons (Fsp3) is 0.250. The minimum atomic E-state index is -3.68. The van der Waals surface area contributed by atoms with Gasteiger partial charge in [0.2, 0.25) is 10.9 Å². The zero-order valence-electron chi connectivity index (χ0n) is 14.6. The van der Waals surface area contributed by atoms with Crippen LogP contribution in [0.3, 0.4) is 0 Å². The van der Waals surface area contributed by atoms with Gasteiger partial charge in [0.05, 0.1) is 14.2 Å². The Morgan fingerprint density at radius 3 is 2.42 bits per heavy atom. The summed E-state index contributed by atoms with van der Waals surface area (Å²) < 4.78 is 46.2. The Hall–Kier alpha value is -2.85. The molecule has 9 nitrogen and oxygen atoms in total. The molecule has 0 aliphatic carbocycles. The number of ether oxygens (including phenoxy) is 2. The van der Waals surface area contributed by atoms with Crippen molar-refractivity contribution in [3.8, 4) is 34.5 Å². The number of hydrogen-bond donors (Lipinski definition) is 0. The Labute approximate surface area is 150 Å². The molecule has 0 unspecified atom stereocenters. The van der Waals surface area contributed by atoms with E-state index in [0.717, 1.165) is 4.31 Å².